The minimum atomic E-state index is -0.602. The fourth-order valence-corrected chi connectivity index (χ4v) is 3.18. The summed E-state index contributed by atoms with van der Waals surface area (Å²) in [7, 11) is 0. The van der Waals surface area contributed by atoms with Crippen molar-refractivity contribution in [3.8, 4) is 5.75 Å². The molecule has 3 aromatic rings. The van der Waals surface area contributed by atoms with Gasteiger partial charge in [-0.2, -0.15) is 0 Å². The van der Waals surface area contributed by atoms with Gasteiger partial charge in [0.1, 0.15) is 11.4 Å². The molecule has 2 aromatic heterocycles. The van der Waals surface area contributed by atoms with Gasteiger partial charge in [0.2, 0.25) is 0 Å². The van der Waals surface area contributed by atoms with Crippen LogP contribution in [0.3, 0.4) is 0 Å². The third-order valence-electron chi connectivity index (χ3n) is 3.64. The van der Waals surface area contributed by atoms with Crippen LogP contribution in [0.2, 0.25) is 0 Å². The molecule has 128 valence electrons. The Morgan fingerprint density at radius 1 is 1.36 bits per heavy atom. The van der Waals surface area contributed by atoms with Crippen molar-refractivity contribution in [1.29, 1.82) is 0 Å². The second kappa shape index (κ2) is 6.17. The van der Waals surface area contributed by atoms with Crippen LogP contribution in [0.15, 0.2) is 34.9 Å². The van der Waals surface area contributed by atoms with Gasteiger partial charge in [-0.3, -0.25) is 19.3 Å². The summed E-state index contributed by atoms with van der Waals surface area (Å²) in [4.78, 5) is 27.3. The molecule has 0 aliphatic heterocycles. The first-order chi connectivity index (χ1) is 11.8. The van der Waals surface area contributed by atoms with Crippen LogP contribution in [0, 0.1) is 24.0 Å². The molecular formula is C16H13BrN4O4. The lowest BCUT2D eigenvalue weighted by molar-refractivity contribution is -0.384. The number of carbonyl (C=O) groups is 1. The number of phenols is 1. The number of benzene rings is 1. The number of hydrogen-bond donors (Lipinski definition) is 2. The van der Waals surface area contributed by atoms with E-state index in [0.29, 0.717) is 11.3 Å². The third-order valence-corrected chi connectivity index (χ3v) is 4.22. The lowest BCUT2D eigenvalue weighted by Gasteiger charge is -2.08. The normalized spacial score (nSPS) is 10.8. The average Bonchev–Trinajstić information content (AvgIpc) is 2.85. The Morgan fingerprint density at radius 2 is 2.08 bits per heavy atom. The van der Waals surface area contributed by atoms with Gasteiger partial charge < -0.3 is 10.4 Å². The lowest BCUT2D eigenvalue weighted by atomic mass is 10.2. The van der Waals surface area contributed by atoms with Crippen LogP contribution in [0.5, 0.6) is 5.75 Å². The van der Waals surface area contributed by atoms with Crippen molar-refractivity contribution in [3.63, 3.8) is 0 Å². The minimum Gasteiger partial charge on any atom is -0.506 e. The topological polar surface area (TPSA) is 110 Å². The second-order valence-corrected chi connectivity index (χ2v) is 6.37. The zero-order chi connectivity index (χ0) is 18.3. The molecule has 0 aliphatic carbocycles. The number of nitro benzene ring substituents is 1. The van der Waals surface area contributed by atoms with E-state index in [-0.39, 0.29) is 22.8 Å². The highest BCUT2D eigenvalue weighted by atomic mass is 79.9. The molecule has 0 bridgehead atoms. The standard InChI is InChI=1S/C16H13BrN4O4/c1-8-5-11(17)15-18-9(2)14(20(15)7-8)16(23)19-12-6-10(21(24)25)3-4-13(12)22/h3-7,22H,1-2H3,(H,19,23). The maximum absolute atomic E-state index is 12.7. The van der Waals surface area contributed by atoms with Crippen molar-refractivity contribution >= 4 is 38.9 Å². The molecular weight excluding hydrogens is 392 g/mol. The number of nitrogens with one attached hydrogen (secondary N) is 1. The zero-order valence-electron chi connectivity index (χ0n) is 13.3. The van der Waals surface area contributed by atoms with Crippen LogP contribution in [-0.2, 0) is 0 Å². The maximum Gasteiger partial charge on any atom is 0.274 e. The van der Waals surface area contributed by atoms with E-state index in [1.165, 1.54) is 0 Å². The molecule has 25 heavy (non-hydrogen) atoms. The number of fused-ring (bicyclic) bond motifs is 1. The number of aromatic hydroxyl groups is 1. The quantitative estimate of drug-likeness (QED) is 0.393. The molecule has 1 amide bonds. The lowest BCUT2D eigenvalue weighted by Crippen LogP contribution is -2.16. The molecule has 9 heteroatoms. The van der Waals surface area contributed by atoms with E-state index in [4.69, 9.17) is 0 Å². The fourth-order valence-electron chi connectivity index (χ4n) is 2.54. The van der Waals surface area contributed by atoms with Crippen LogP contribution in [-0.4, -0.2) is 25.3 Å². The number of aromatic nitrogens is 2. The summed E-state index contributed by atoms with van der Waals surface area (Å²) < 4.78 is 2.38. The molecule has 0 atom stereocenters. The van der Waals surface area contributed by atoms with E-state index < -0.39 is 10.8 Å². The van der Waals surface area contributed by atoms with Crippen molar-refractivity contribution in [1.82, 2.24) is 9.38 Å². The number of phenolic OH excluding ortho intramolecular Hbond substituents is 1. The number of non-ortho nitro benzene ring substituents is 1. The van der Waals surface area contributed by atoms with Gasteiger partial charge in [-0.05, 0) is 47.5 Å². The van der Waals surface area contributed by atoms with Crippen LogP contribution in [0.25, 0.3) is 5.65 Å². The molecule has 0 aliphatic rings. The Labute approximate surface area is 150 Å². The van der Waals surface area contributed by atoms with Gasteiger partial charge in [0.15, 0.2) is 5.65 Å². The number of nitro groups is 1. The van der Waals surface area contributed by atoms with Gasteiger partial charge >= 0.3 is 0 Å². The van der Waals surface area contributed by atoms with Crippen LogP contribution >= 0.6 is 15.9 Å². The van der Waals surface area contributed by atoms with Crippen LogP contribution in [0.4, 0.5) is 11.4 Å². The van der Waals surface area contributed by atoms with Crippen molar-refractivity contribution in [2.24, 2.45) is 0 Å². The Balaban J connectivity index is 2.05. The van der Waals surface area contributed by atoms with E-state index >= 15 is 0 Å². The molecule has 8 nitrogen and oxygen atoms in total. The number of pyridine rings is 1. The van der Waals surface area contributed by atoms with E-state index in [2.05, 4.69) is 26.2 Å². The molecule has 0 fully saturated rings. The van der Waals surface area contributed by atoms with Gasteiger partial charge in [-0.25, -0.2) is 4.98 Å². The van der Waals surface area contributed by atoms with Gasteiger partial charge in [0.05, 0.1) is 20.8 Å². The van der Waals surface area contributed by atoms with Crippen LogP contribution in [0.1, 0.15) is 21.7 Å². The summed E-state index contributed by atoms with van der Waals surface area (Å²) in [5, 5.41) is 23.3. The summed E-state index contributed by atoms with van der Waals surface area (Å²) in [6, 6.07) is 5.31. The average molecular weight is 405 g/mol. The van der Waals surface area contributed by atoms with Gasteiger partial charge in [0, 0.05) is 18.3 Å². The number of rotatable bonds is 3. The highest BCUT2D eigenvalue weighted by Crippen LogP contribution is 2.29. The molecule has 1 aromatic carbocycles. The molecule has 2 N–H and O–H groups in total. The SMILES string of the molecule is Cc1cc(Br)c2nc(C)c(C(=O)Nc3cc([N+](=O)[O-])ccc3O)n2c1. The van der Waals surface area contributed by atoms with E-state index in [0.717, 1.165) is 28.2 Å². The zero-order valence-corrected chi connectivity index (χ0v) is 14.9. The highest BCUT2D eigenvalue weighted by molar-refractivity contribution is 9.10. The number of nitrogens with zero attached hydrogens (tertiary/aromatic N) is 3. The number of anilines is 1. The van der Waals surface area contributed by atoms with Gasteiger partial charge in [-0.1, -0.05) is 0 Å². The highest BCUT2D eigenvalue weighted by Gasteiger charge is 2.20. The van der Waals surface area contributed by atoms with Gasteiger partial charge in [0.25, 0.3) is 11.6 Å². The number of amides is 1. The first-order valence-corrected chi connectivity index (χ1v) is 8.01. The van der Waals surface area contributed by atoms with E-state index in [1.807, 2.05) is 13.0 Å². The Bertz CT molecular complexity index is 1030. The Morgan fingerprint density at radius 3 is 2.76 bits per heavy atom. The smallest absolute Gasteiger partial charge is 0.274 e. The summed E-state index contributed by atoms with van der Waals surface area (Å²) in [6.45, 7) is 3.57. The summed E-state index contributed by atoms with van der Waals surface area (Å²) >= 11 is 3.42. The number of hydrogen-bond acceptors (Lipinski definition) is 5. The summed E-state index contributed by atoms with van der Waals surface area (Å²) in [5.74, 6) is -0.791. The van der Waals surface area contributed by atoms with Crippen molar-refractivity contribution < 1.29 is 14.8 Å². The van der Waals surface area contributed by atoms with E-state index in [9.17, 15) is 20.0 Å². The van der Waals surface area contributed by atoms with Gasteiger partial charge in [-0.15, -0.1) is 0 Å². The predicted octanol–water partition coefficient (Wildman–Crippen LogP) is 3.58. The predicted molar refractivity (Wildman–Crippen MR) is 95.1 cm³/mol. The maximum atomic E-state index is 12.7. The monoisotopic (exact) mass is 404 g/mol. The summed E-state index contributed by atoms with van der Waals surface area (Å²) in [6.07, 6.45) is 1.77. The third kappa shape index (κ3) is 3.05. The van der Waals surface area contributed by atoms with E-state index in [1.54, 1.807) is 17.5 Å². The molecule has 0 saturated carbocycles. The number of carbonyl (C=O) groups excluding carboxylic acids is 1. The molecule has 3 rings (SSSR count). The fraction of sp³-hybridized carbons (Fsp3) is 0.125. The van der Waals surface area contributed by atoms with Crippen molar-refractivity contribution in [2.45, 2.75) is 13.8 Å². The number of halogens is 1. The number of imidazole rings is 1. The van der Waals surface area contributed by atoms with Crippen LogP contribution < -0.4 is 5.32 Å². The largest absolute Gasteiger partial charge is 0.506 e. The second-order valence-electron chi connectivity index (χ2n) is 5.52. The first-order valence-electron chi connectivity index (χ1n) is 7.21. The summed E-state index contributed by atoms with van der Waals surface area (Å²) in [5.41, 5.74) is 2.00. The number of aryl methyl sites for hydroxylation is 2. The Kier molecular flexibility index (Phi) is 4.17. The molecule has 0 spiro atoms. The molecule has 0 unspecified atom stereocenters. The first kappa shape index (κ1) is 16.9. The Hall–Kier alpha value is -2.94. The van der Waals surface area contributed by atoms with Crippen molar-refractivity contribution in [2.75, 3.05) is 5.32 Å². The minimum absolute atomic E-state index is 0.0414. The van der Waals surface area contributed by atoms with Crippen molar-refractivity contribution in [3.05, 3.63) is 62.0 Å². The molecule has 0 saturated heterocycles. The molecule has 2 heterocycles. The molecule has 0 radical (unpaired) electrons.